The van der Waals surface area contributed by atoms with Gasteiger partial charge in [-0.25, -0.2) is 0 Å². The Morgan fingerprint density at radius 3 is 2.43 bits per heavy atom. The molecule has 0 aliphatic heterocycles. The number of nitrogens with one attached hydrogen (secondary N) is 2. The third-order valence-corrected chi connectivity index (χ3v) is 3.43. The summed E-state index contributed by atoms with van der Waals surface area (Å²) < 4.78 is 5.56. The van der Waals surface area contributed by atoms with E-state index in [1.165, 1.54) is 18.1 Å². The molecular weight excluding hydrogens is 264 g/mol. The summed E-state index contributed by atoms with van der Waals surface area (Å²) in [6.45, 7) is 8.35. The molecule has 0 saturated heterocycles. The summed E-state index contributed by atoms with van der Waals surface area (Å²) in [7, 11) is 0. The van der Waals surface area contributed by atoms with E-state index in [1.807, 2.05) is 38.1 Å². The van der Waals surface area contributed by atoms with Crippen molar-refractivity contribution >= 4 is 11.6 Å². The average molecular weight is 286 g/mol. The maximum Gasteiger partial charge on any atom is 0.221 e. The number of carbonyl (C=O) groups is 1. The number of hydrogen-bond donors (Lipinski definition) is 2. The van der Waals surface area contributed by atoms with Crippen LogP contribution < -0.4 is 10.6 Å². The molecule has 2 aromatic rings. The van der Waals surface area contributed by atoms with Crippen molar-refractivity contribution in [2.45, 2.75) is 40.3 Å². The van der Waals surface area contributed by atoms with Crippen LogP contribution in [0.3, 0.4) is 0 Å². The maximum atomic E-state index is 11.0. The molecular formula is C17H22N2O2. The fourth-order valence-corrected chi connectivity index (χ4v) is 2.37. The minimum absolute atomic E-state index is 0.0553. The minimum Gasteiger partial charge on any atom is -0.466 e. The Balaban J connectivity index is 1.93. The van der Waals surface area contributed by atoms with Crippen LogP contribution in [0.4, 0.5) is 5.69 Å². The van der Waals surface area contributed by atoms with Crippen LogP contribution in [0.25, 0.3) is 0 Å². The Kier molecular flexibility index (Phi) is 4.81. The van der Waals surface area contributed by atoms with Gasteiger partial charge in [0.05, 0.1) is 0 Å². The van der Waals surface area contributed by atoms with E-state index in [2.05, 4.69) is 23.6 Å². The van der Waals surface area contributed by atoms with Crippen molar-refractivity contribution in [1.82, 2.24) is 5.32 Å². The summed E-state index contributed by atoms with van der Waals surface area (Å²) in [5.74, 6) is 1.85. The van der Waals surface area contributed by atoms with Crippen LogP contribution in [-0.4, -0.2) is 5.91 Å². The molecule has 0 aliphatic carbocycles. The van der Waals surface area contributed by atoms with Gasteiger partial charge in [-0.05, 0) is 44.5 Å². The highest BCUT2D eigenvalue weighted by Gasteiger charge is 2.11. The van der Waals surface area contributed by atoms with E-state index in [0.717, 1.165) is 23.8 Å². The predicted octanol–water partition coefficient (Wildman–Crippen LogP) is 3.71. The van der Waals surface area contributed by atoms with Gasteiger partial charge in [-0.2, -0.15) is 0 Å². The average Bonchev–Trinajstić information content (AvgIpc) is 2.76. The molecule has 1 aromatic heterocycles. The molecule has 0 saturated carbocycles. The van der Waals surface area contributed by atoms with E-state index >= 15 is 0 Å². The largest absolute Gasteiger partial charge is 0.466 e. The summed E-state index contributed by atoms with van der Waals surface area (Å²) in [6.07, 6.45) is 0. The molecule has 0 spiro atoms. The van der Waals surface area contributed by atoms with Crippen molar-refractivity contribution in [3.05, 3.63) is 53.0 Å². The lowest BCUT2D eigenvalue weighted by molar-refractivity contribution is -0.114. The second-order valence-electron chi connectivity index (χ2n) is 5.35. The molecule has 0 radical (unpaired) electrons. The highest BCUT2D eigenvalue weighted by molar-refractivity contribution is 5.88. The Bertz CT molecular complexity index is 614. The van der Waals surface area contributed by atoms with Crippen LogP contribution in [0.15, 0.2) is 34.7 Å². The van der Waals surface area contributed by atoms with Crippen molar-refractivity contribution < 1.29 is 9.21 Å². The lowest BCUT2D eigenvalue weighted by Crippen LogP contribution is -2.18. The van der Waals surface area contributed by atoms with Gasteiger partial charge >= 0.3 is 0 Å². The molecule has 1 amide bonds. The normalized spacial score (nSPS) is 12.2. The van der Waals surface area contributed by atoms with Crippen LogP contribution in [-0.2, 0) is 11.3 Å². The van der Waals surface area contributed by atoms with Gasteiger partial charge in [-0.1, -0.05) is 12.1 Å². The molecule has 4 nitrogen and oxygen atoms in total. The van der Waals surface area contributed by atoms with Gasteiger partial charge < -0.3 is 15.1 Å². The second-order valence-corrected chi connectivity index (χ2v) is 5.35. The van der Waals surface area contributed by atoms with Crippen molar-refractivity contribution in [3.63, 3.8) is 0 Å². The van der Waals surface area contributed by atoms with Crippen LogP contribution >= 0.6 is 0 Å². The second kappa shape index (κ2) is 6.59. The first-order valence-electron chi connectivity index (χ1n) is 7.12. The smallest absolute Gasteiger partial charge is 0.221 e. The number of carbonyl (C=O) groups excluding carboxylic acids is 1. The van der Waals surface area contributed by atoms with E-state index in [-0.39, 0.29) is 11.9 Å². The number of rotatable bonds is 5. The van der Waals surface area contributed by atoms with Crippen molar-refractivity contribution in [2.24, 2.45) is 0 Å². The van der Waals surface area contributed by atoms with Crippen molar-refractivity contribution in [2.75, 3.05) is 5.32 Å². The number of aryl methyl sites for hydroxylation is 2. The Labute approximate surface area is 125 Å². The highest BCUT2D eigenvalue weighted by atomic mass is 16.3. The van der Waals surface area contributed by atoms with Gasteiger partial charge in [0.15, 0.2) is 0 Å². The van der Waals surface area contributed by atoms with Crippen LogP contribution in [0.2, 0.25) is 0 Å². The number of amides is 1. The summed E-state index contributed by atoms with van der Waals surface area (Å²) >= 11 is 0. The molecule has 21 heavy (non-hydrogen) atoms. The van der Waals surface area contributed by atoms with Gasteiger partial charge in [-0.3, -0.25) is 4.79 Å². The molecule has 4 heteroatoms. The predicted molar refractivity (Wildman–Crippen MR) is 84.2 cm³/mol. The number of anilines is 1. The number of furan rings is 1. The summed E-state index contributed by atoms with van der Waals surface area (Å²) in [5, 5.41) is 6.24. The van der Waals surface area contributed by atoms with Crippen molar-refractivity contribution in [1.29, 1.82) is 0 Å². The molecule has 1 aromatic carbocycles. The highest BCUT2D eigenvalue weighted by Crippen LogP contribution is 2.21. The first-order valence-corrected chi connectivity index (χ1v) is 7.12. The lowest BCUT2D eigenvalue weighted by atomic mass is 10.1. The molecule has 112 valence electrons. The van der Waals surface area contributed by atoms with Gasteiger partial charge in [0, 0.05) is 30.8 Å². The first kappa shape index (κ1) is 15.3. The van der Waals surface area contributed by atoms with Gasteiger partial charge in [0.25, 0.3) is 0 Å². The van der Waals surface area contributed by atoms with Crippen molar-refractivity contribution in [3.8, 4) is 0 Å². The molecule has 1 unspecified atom stereocenters. The van der Waals surface area contributed by atoms with E-state index in [4.69, 9.17) is 4.42 Å². The molecule has 0 bridgehead atoms. The SMILES string of the molecule is CC(=O)Nc1ccc(CNC(C)c2cc(C)oc2C)cc1. The van der Waals surface area contributed by atoms with Crippen LogP contribution in [0, 0.1) is 13.8 Å². The fourth-order valence-electron chi connectivity index (χ4n) is 2.37. The van der Waals surface area contributed by atoms with E-state index in [1.54, 1.807) is 0 Å². The zero-order valence-electron chi connectivity index (χ0n) is 13.0. The van der Waals surface area contributed by atoms with Gasteiger partial charge in [0.1, 0.15) is 11.5 Å². The third-order valence-electron chi connectivity index (χ3n) is 3.43. The molecule has 1 heterocycles. The topological polar surface area (TPSA) is 54.3 Å². The van der Waals surface area contributed by atoms with Gasteiger partial charge in [-0.15, -0.1) is 0 Å². The zero-order chi connectivity index (χ0) is 15.4. The van der Waals surface area contributed by atoms with E-state index in [0.29, 0.717) is 0 Å². The monoisotopic (exact) mass is 286 g/mol. The molecule has 1 atom stereocenters. The third kappa shape index (κ3) is 4.20. The number of hydrogen-bond acceptors (Lipinski definition) is 3. The van der Waals surface area contributed by atoms with Gasteiger partial charge in [0.2, 0.25) is 5.91 Å². The maximum absolute atomic E-state index is 11.0. The van der Waals surface area contributed by atoms with Crippen LogP contribution in [0.5, 0.6) is 0 Å². The number of benzene rings is 1. The summed E-state index contributed by atoms with van der Waals surface area (Å²) in [6, 6.07) is 10.2. The molecule has 0 aliphatic rings. The standard InChI is InChI=1S/C17H22N2O2/c1-11-9-17(13(3)21-11)12(2)18-10-15-5-7-16(8-6-15)19-14(4)20/h5-9,12,18H,10H2,1-4H3,(H,19,20). The Morgan fingerprint density at radius 1 is 1.24 bits per heavy atom. The fraction of sp³-hybridized carbons (Fsp3) is 0.353. The quantitative estimate of drug-likeness (QED) is 0.881. The first-order chi connectivity index (χ1) is 9.95. The Morgan fingerprint density at radius 2 is 1.90 bits per heavy atom. The molecule has 2 N–H and O–H groups in total. The molecule has 0 fully saturated rings. The molecule has 2 rings (SSSR count). The van der Waals surface area contributed by atoms with E-state index in [9.17, 15) is 4.79 Å². The Hall–Kier alpha value is -2.07. The lowest BCUT2D eigenvalue weighted by Gasteiger charge is -2.13. The van der Waals surface area contributed by atoms with E-state index < -0.39 is 0 Å². The summed E-state index contributed by atoms with van der Waals surface area (Å²) in [5.41, 5.74) is 3.19. The minimum atomic E-state index is -0.0553. The van der Waals surface area contributed by atoms with Crippen LogP contribution in [0.1, 0.15) is 42.5 Å². The zero-order valence-corrected chi connectivity index (χ0v) is 13.0. The summed E-state index contributed by atoms with van der Waals surface area (Å²) in [4.78, 5) is 11.0.